The van der Waals surface area contributed by atoms with Crippen LogP contribution in [0.5, 0.6) is 0 Å². The third kappa shape index (κ3) is 3.81. The van der Waals surface area contributed by atoms with Crippen LogP contribution in [0.1, 0.15) is 26.7 Å². The molecule has 1 aromatic carbocycles. The first-order valence-electron chi connectivity index (χ1n) is 6.36. The van der Waals surface area contributed by atoms with Crippen LogP contribution in [0.4, 0.5) is 11.4 Å². The molecule has 0 spiro atoms. The number of nitro benzene ring substituents is 1. The topological polar surface area (TPSA) is 66.6 Å². The van der Waals surface area contributed by atoms with Crippen molar-refractivity contribution in [2.45, 2.75) is 32.7 Å². The van der Waals surface area contributed by atoms with Crippen LogP contribution in [0, 0.1) is 10.1 Å². The van der Waals surface area contributed by atoms with Crippen molar-refractivity contribution in [3.8, 4) is 0 Å². The maximum absolute atomic E-state index is 10.7. The molecule has 0 aromatic heterocycles. The van der Waals surface area contributed by atoms with E-state index in [2.05, 4.69) is 13.8 Å². The van der Waals surface area contributed by atoms with Gasteiger partial charge in [0.25, 0.3) is 5.69 Å². The SMILES string of the molecule is CCC(CC)N(CCO)c1ccc([N+](=O)[O-])cc1Cl. The van der Waals surface area contributed by atoms with Gasteiger partial charge in [-0.15, -0.1) is 0 Å². The molecule has 0 unspecified atom stereocenters. The van der Waals surface area contributed by atoms with Crippen molar-refractivity contribution < 1.29 is 10.0 Å². The molecule has 106 valence electrons. The van der Waals surface area contributed by atoms with E-state index in [4.69, 9.17) is 11.6 Å². The van der Waals surface area contributed by atoms with Crippen LogP contribution < -0.4 is 4.90 Å². The summed E-state index contributed by atoms with van der Waals surface area (Å²) >= 11 is 6.13. The minimum atomic E-state index is -0.469. The van der Waals surface area contributed by atoms with Crippen LogP contribution in [0.2, 0.25) is 5.02 Å². The number of rotatable bonds is 7. The van der Waals surface area contributed by atoms with Crippen molar-refractivity contribution in [2.75, 3.05) is 18.1 Å². The predicted molar refractivity (Wildman–Crippen MR) is 76.9 cm³/mol. The van der Waals surface area contributed by atoms with E-state index in [0.29, 0.717) is 11.6 Å². The highest BCUT2D eigenvalue weighted by molar-refractivity contribution is 6.33. The Bertz CT molecular complexity index is 436. The Labute approximate surface area is 117 Å². The highest BCUT2D eigenvalue weighted by atomic mass is 35.5. The fourth-order valence-electron chi connectivity index (χ4n) is 2.18. The molecular weight excluding hydrogens is 268 g/mol. The molecule has 0 aliphatic rings. The fraction of sp³-hybridized carbons (Fsp3) is 0.538. The van der Waals surface area contributed by atoms with Gasteiger partial charge in [-0.1, -0.05) is 25.4 Å². The summed E-state index contributed by atoms with van der Waals surface area (Å²) in [5.41, 5.74) is 0.706. The first-order chi connectivity index (χ1) is 9.04. The molecule has 0 atom stereocenters. The molecule has 1 rings (SSSR count). The van der Waals surface area contributed by atoms with Crippen LogP contribution in [-0.2, 0) is 0 Å². The Morgan fingerprint density at radius 3 is 2.47 bits per heavy atom. The maximum Gasteiger partial charge on any atom is 0.271 e. The Balaban J connectivity index is 3.12. The Kier molecular flexibility index (Phi) is 6.05. The Morgan fingerprint density at radius 2 is 2.05 bits per heavy atom. The zero-order valence-electron chi connectivity index (χ0n) is 11.2. The van der Waals surface area contributed by atoms with Gasteiger partial charge >= 0.3 is 0 Å². The third-order valence-corrected chi connectivity index (χ3v) is 3.48. The van der Waals surface area contributed by atoms with Gasteiger partial charge in [0.1, 0.15) is 0 Å². The minimum Gasteiger partial charge on any atom is -0.395 e. The summed E-state index contributed by atoms with van der Waals surface area (Å²) < 4.78 is 0. The number of aliphatic hydroxyl groups excluding tert-OH is 1. The van der Waals surface area contributed by atoms with Gasteiger partial charge in [-0.3, -0.25) is 10.1 Å². The number of hydrogen-bond donors (Lipinski definition) is 1. The third-order valence-electron chi connectivity index (χ3n) is 3.18. The van der Waals surface area contributed by atoms with Gasteiger partial charge in [-0.25, -0.2) is 0 Å². The van der Waals surface area contributed by atoms with Gasteiger partial charge < -0.3 is 10.0 Å². The van der Waals surface area contributed by atoms with E-state index in [-0.39, 0.29) is 18.3 Å². The number of aliphatic hydroxyl groups is 1. The van der Waals surface area contributed by atoms with Crippen molar-refractivity contribution >= 4 is 23.0 Å². The molecule has 0 bridgehead atoms. The first kappa shape index (κ1) is 15.7. The van der Waals surface area contributed by atoms with Crippen LogP contribution in [0.3, 0.4) is 0 Å². The normalized spacial score (nSPS) is 10.8. The number of halogens is 1. The number of nitro groups is 1. The molecule has 0 amide bonds. The monoisotopic (exact) mass is 286 g/mol. The molecule has 0 radical (unpaired) electrons. The summed E-state index contributed by atoms with van der Waals surface area (Å²) in [5.74, 6) is 0. The lowest BCUT2D eigenvalue weighted by molar-refractivity contribution is -0.384. The molecule has 0 saturated heterocycles. The summed E-state index contributed by atoms with van der Waals surface area (Å²) in [6.07, 6.45) is 1.84. The van der Waals surface area contributed by atoms with E-state index in [0.717, 1.165) is 18.5 Å². The second-order valence-electron chi connectivity index (χ2n) is 4.28. The van der Waals surface area contributed by atoms with Crippen LogP contribution in [-0.4, -0.2) is 29.2 Å². The number of nitrogens with zero attached hydrogens (tertiary/aromatic N) is 2. The number of benzene rings is 1. The molecule has 1 aromatic rings. The molecular formula is C13H19ClN2O3. The summed E-state index contributed by atoms with van der Waals surface area (Å²) in [7, 11) is 0. The average molecular weight is 287 g/mol. The quantitative estimate of drug-likeness (QED) is 0.617. The molecule has 19 heavy (non-hydrogen) atoms. The Morgan fingerprint density at radius 1 is 1.42 bits per heavy atom. The molecule has 0 fully saturated rings. The number of non-ortho nitro benzene ring substituents is 1. The second kappa shape index (κ2) is 7.31. The van der Waals surface area contributed by atoms with Crippen molar-refractivity contribution in [2.24, 2.45) is 0 Å². The van der Waals surface area contributed by atoms with E-state index in [1.165, 1.54) is 12.1 Å². The van der Waals surface area contributed by atoms with E-state index in [1.807, 2.05) is 4.90 Å². The van der Waals surface area contributed by atoms with Gasteiger partial charge in [-0.2, -0.15) is 0 Å². The highest BCUT2D eigenvalue weighted by Gasteiger charge is 2.19. The standard InChI is InChI=1S/C13H19ClN2O3/c1-3-10(4-2)15(7-8-17)13-6-5-11(16(18)19)9-12(13)14/h5-6,9-10,17H,3-4,7-8H2,1-2H3. The van der Waals surface area contributed by atoms with Crippen LogP contribution >= 0.6 is 11.6 Å². The predicted octanol–water partition coefficient (Wildman–Crippen LogP) is 3.24. The van der Waals surface area contributed by atoms with E-state index >= 15 is 0 Å². The maximum atomic E-state index is 10.7. The minimum absolute atomic E-state index is 0.0177. The van der Waals surface area contributed by atoms with Crippen molar-refractivity contribution in [1.29, 1.82) is 0 Å². The lowest BCUT2D eigenvalue weighted by Crippen LogP contribution is -2.37. The van der Waals surface area contributed by atoms with E-state index in [9.17, 15) is 15.2 Å². The lowest BCUT2D eigenvalue weighted by Gasteiger charge is -2.32. The molecule has 0 aliphatic carbocycles. The molecule has 5 nitrogen and oxygen atoms in total. The van der Waals surface area contributed by atoms with Gasteiger partial charge in [0.15, 0.2) is 0 Å². The van der Waals surface area contributed by atoms with Gasteiger partial charge in [-0.05, 0) is 18.9 Å². The van der Waals surface area contributed by atoms with Gasteiger partial charge in [0, 0.05) is 24.7 Å². The second-order valence-corrected chi connectivity index (χ2v) is 4.69. The van der Waals surface area contributed by atoms with Crippen LogP contribution in [0.25, 0.3) is 0 Å². The zero-order chi connectivity index (χ0) is 14.4. The van der Waals surface area contributed by atoms with Gasteiger partial charge in [0.05, 0.1) is 22.2 Å². The van der Waals surface area contributed by atoms with Crippen molar-refractivity contribution in [3.05, 3.63) is 33.3 Å². The molecule has 0 heterocycles. The van der Waals surface area contributed by atoms with Crippen LogP contribution in [0.15, 0.2) is 18.2 Å². The van der Waals surface area contributed by atoms with Crippen molar-refractivity contribution in [3.63, 3.8) is 0 Å². The largest absolute Gasteiger partial charge is 0.395 e. The van der Waals surface area contributed by atoms with Gasteiger partial charge in [0.2, 0.25) is 0 Å². The van der Waals surface area contributed by atoms with Crippen molar-refractivity contribution in [1.82, 2.24) is 0 Å². The highest BCUT2D eigenvalue weighted by Crippen LogP contribution is 2.31. The fourth-order valence-corrected chi connectivity index (χ4v) is 2.46. The Hall–Kier alpha value is -1.33. The average Bonchev–Trinajstić information content (AvgIpc) is 2.39. The number of hydrogen-bond acceptors (Lipinski definition) is 4. The summed E-state index contributed by atoms with van der Waals surface area (Å²) in [6, 6.07) is 4.69. The summed E-state index contributed by atoms with van der Waals surface area (Å²) in [5, 5.41) is 20.2. The van der Waals surface area contributed by atoms with E-state index < -0.39 is 4.92 Å². The molecule has 0 aliphatic heterocycles. The molecule has 6 heteroatoms. The molecule has 0 saturated carbocycles. The first-order valence-corrected chi connectivity index (χ1v) is 6.74. The number of anilines is 1. The summed E-state index contributed by atoms with van der Waals surface area (Å²) in [6.45, 7) is 4.61. The van der Waals surface area contributed by atoms with E-state index in [1.54, 1.807) is 6.07 Å². The lowest BCUT2D eigenvalue weighted by atomic mass is 10.1. The summed E-state index contributed by atoms with van der Waals surface area (Å²) in [4.78, 5) is 12.2. The smallest absolute Gasteiger partial charge is 0.271 e. The zero-order valence-corrected chi connectivity index (χ0v) is 11.9. The molecule has 1 N–H and O–H groups in total.